The first-order chi connectivity index (χ1) is 15.5. The highest BCUT2D eigenvalue weighted by molar-refractivity contribution is 8.00. The van der Waals surface area contributed by atoms with E-state index in [9.17, 15) is 14.7 Å². The molecule has 7 nitrogen and oxygen atoms in total. The fourth-order valence-corrected chi connectivity index (χ4v) is 4.11. The molecule has 0 aliphatic rings. The third kappa shape index (κ3) is 7.71. The molecule has 0 radical (unpaired) electrons. The van der Waals surface area contributed by atoms with Gasteiger partial charge in [-0.2, -0.15) is 0 Å². The number of ether oxygens (including phenoxy) is 4. The van der Waals surface area contributed by atoms with E-state index >= 15 is 0 Å². The maximum Gasteiger partial charge on any atom is 0.339 e. The summed E-state index contributed by atoms with van der Waals surface area (Å²) in [6.07, 6.45) is 2.94. The van der Waals surface area contributed by atoms with Crippen LogP contribution in [0.15, 0.2) is 60.0 Å². The number of allylic oxidation sites excluding steroid dienone is 1. The number of ketones is 1. The molecular weight excluding hydrogens is 432 g/mol. The number of rotatable bonds is 15. The van der Waals surface area contributed by atoms with Gasteiger partial charge in [0.25, 0.3) is 0 Å². The van der Waals surface area contributed by atoms with Crippen molar-refractivity contribution in [2.24, 2.45) is 0 Å². The van der Waals surface area contributed by atoms with Crippen molar-refractivity contribution in [3.05, 3.63) is 66.2 Å². The van der Waals surface area contributed by atoms with E-state index in [0.29, 0.717) is 24.2 Å². The smallest absolute Gasteiger partial charge is 0.339 e. The molecule has 0 heterocycles. The molecule has 0 saturated carbocycles. The van der Waals surface area contributed by atoms with Gasteiger partial charge in [0.1, 0.15) is 17.1 Å². The molecule has 0 bridgehead atoms. The Morgan fingerprint density at radius 3 is 2.41 bits per heavy atom. The van der Waals surface area contributed by atoms with Gasteiger partial charge in [-0.1, -0.05) is 24.3 Å². The molecule has 0 saturated heterocycles. The summed E-state index contributed by atoms with van der Waals surface area (Å²) in [4.78, 5) is 26.3. The molecule has 2 aromatic rings. The monoisotopic (exact) mass is 460 g/mol. The summed E-state index contributed by atoms with van der Waals surface area (Å²) >= 11 is 1.46. The first-order valence-electron chi connectivity index (χ1n) is 9.99. The molecule has 1 atom stereocenters. The van der Waals surface area contributed by atoms with Crippen molar-refractivity contribution in [1.82, 2.24) is 0 Å². The molecular formula is C24H28O7S. The number of carboxylic acids is 1. The minimum absolute atomic E-state index is 0.0324. The van der Waals surface area contributed by atoms with Crippen LogP contribution in [0.1, 0.15) is 28.8 Å². The predicted molar refractivity (Wildman–Crippen MR) is 123 cm³/mol. The zero-order valence-electron chi connectivity index (χ0n) is 18.2. The Labute approximate surface area is 192 Å². The summed E-state index contributed by atoms with van der Waals surface area (Å²) < 4.78 is 20.8. The molecule has 172 valence electrons. The molecule has 0 spiro atoms. The fourth-order valence-electron chi connectivity index (χ4n) is 2.99. The second-order valence-corrected chi connectivity index (χ2v) is 8.07. The van der Waals surface area contributed by atoms with E-state index in [0.717, 1.165) is 4.90 Å². The van der Waals surface area contributed by atoms with E-state index in [4.69, 9.17) is 18.9 Å². The Balaban J connectivity index is 2.37. The number of thioether (sulfide) groups is 1. The van der Waals surface area contributed by atoms with Crippen molar-refractivity contribution in [3.8, 4) is 11.5 Å². The summed E-state index contributed by atoms with van der Waals surface area (Å²) in [5.74, 6) is -0.890. The third-order valence-electron chi connectivity index (χ3n) is 4.43. The lowest BCUT2D eigenvalue weighted by molar-refractivity contribution is -0.118. The largest absolute Gasteiger partial charge is 0.478 e. The molecule has 1 N–H and O–H groups in total. The standard InChI is InChI=1S/C24H28O7S/c1-4-5-11-22(32-19-9-7-6-8-10-19)20(25)13-17-12-18(30-15-28-2)14-21(31-16-29-3)23(17)24(26)27/h4,6-10,12,14,22H,1,5,11,13,15-16H2,2-3H3,(H,26,27). The average Bonchev–Trinajstić information content (AvgIpc) is 2.79. The van der Waals surface area contributed by atoms with Crippen molar-refractivity contribution in [2.45, 2.75) is 29.4 Å². The van der Waals surface area contributed by atoms with Gasteiger partial charge in [-0.25, -0.2) is 4.79 Å². The van der Waals surface area contributed by atoms with Crippen molar-refractivity contribution < 1.29 is 33.6 Å². The van der Waals surface area contributed by atoms with Gasteiger partial charge in [0, 0.05) is 31.6 Å². The molecule has 2 rings (SSSR count). The lowest BCUT2D eigenvalue weighted by Gasteiger charge is -2.18. The summed E-state index contributed by atoms with van der Waals surface area (Å²) in [6.45, 7) is 3.57. The minimum Gasteiger partial charge on any atom is -0.478 e. The summed E-state index contributed by atoms with van der Waals surface area (Å²) in [5.41, 5.74) is 0.215. The van der Waals surface area contributed by atoms with Crippen LogP contribution in [0.5, 0.6) is 11.5 Å². The van der Waals surface area contributed by atoms with Gasteiger partial charge >= 0.3 is 5.97 Å². The second-order valence-electron chi connectivity index (χ2n) is 6.79. The lowest BCUT2D eigenvalue weighted by atomic mass is 9.98. The maximum atomic E-state index is 13.3. The highest BCUT2D eigenvalue weighted by Gasteiger charge is 2.25. The molecule has 0 amide bonds. The number of hydrogen-bond acceptors (Lipinski definition) is 7. The number of carbonyl (C=O) groups excluding carboxylic acids is 1. The fraction of sp³-hybridized carbons (Fsp3) is 0.333. The number of Topliss-reactive ketones (excluding diaryl/α,β-unsaturated/α-hetero) is 1. The number of aromatic carboxylic acids is 1. The van der Waals surface area contributed by atoms with Crippen LogP contribution < -0.4 is 9.47 Å². The van der Waals surface area contributed by atoms with Crippen LogP contribution in [0.2, 0.25) is 0 Å². The summed E-state index contributed by atoms with van der Waals surface area (Å²) in [5, 5.41) is 9.47. The van der Waals surface area contributed by atoms with Crippen LogP contribution in [0.3, 0.4) is 0 Å². The SMILES string of the molecule is C=CCCC(Sc1ccccc1)C(=O)Cc1cc(OCOC)cc(OCOC)c1C(=O)O. The van der Waals surface area contributed by atoms with Crippen molar-refractivity contribution in [1.29, 1.82) is 0 Å². The summed E-state index contributed by atoms with van der Waals surface area (Å²) in [6, 6.07) is 12.6. The number of methoxy groups -OCH3 is 2. The van der Waals surface area contributed by atoms with Gasteiger partial charge in [-0.15, -0.1) is 18.3 Å². The topological polar surface area (TPSA) is 91.3 Å². The molecule has 0 aliphatic heterocycles. The number of benzene rings is 2. The van der Waals surface area contributed by atoms with Crippen LogP contribution in [0, 0.1) is 0 Å². The van der Waals surface area contributed by atoms with E-state index < -0.39 is 5.97 Å². The van der Waals surface area contributed by atoms with E-state index in [-0.39, 0.29) is 42.4 Å². The highest BCUT2D eigenvalue weighted by atomic mass is 32.2. The van der Waals surface area contributed by atoms with Gasteiger partial charge in [0.2, 0.25) is 0 Å². The van der Waals surface area contributed by atoms with E-state index in [1.807, 2.05) is 30.3 Å². The second kappa shape index (κ2) is 13.6. The number of carboxylic acid groups (broad SMARTS) is 1. The van der Waals surface area contributed by atoms with E-state index in [2.05, 4.69) is 6.58 Å². The van der Waals surface area contributed by atoms with Gasteiger partial charge < -0.3 is 24.1 Å². The van der Waals surface area contributed by atoms with E-state index in [1.54, 1.807) is 6.08 Å². The van der Waals surface area contributed by atoms with Gasteiger partial charge in [0.05, 0.1) is 5.25 Å². The van der Waals surface area contributed by atoms with E-state index in [1.165, 1.54) is 38.1 Å². The average molecular weight is 461 g/mol. The molecule has 8 heteroatoms. The lowest BCUT2D eigenvalue weighted by Crippen LogP contribution is -2.21. The molecule has 0 fully saturated rings. The molecule has 2 aromatic carbocycles. The quantitative estimate of drug-likeness (QED) is 0.234. The maximum absolute atomic E-state index is 13.3. The Morgan fingerprint density at radius 2 is 1.78 bits per heavy atom. The number of hydrogen-bond donors (Lipinski definition) is 1. The van der Waals surface area contributed by atoms with Crippen molar-refractivity contribution in [2.75, 3.05) is 27.8 Å². The van der Waals surface area contributed by atoms with Crippen molar-refractivity contribution in [3.63, 3.8) is 0 Å². The first kappa shape index (κ1) is 25.5. The van der Waals surface area contributed by atoms with Crippen LogP contribution >= 0.6 is 11.8 Å². The highest BCUT2D eigenvalue weighted by Crippen LogP contribution is 2.32. The Kier molecular flexibility index (Phi) is 10.8. The van der Waals surface area contributed by atoms with Crippen molar-refractivity contribution >= 4 is 23.5 Å². The van der Waals surface area contributed by atoms with Crippen LogP contribution in [0.4, 0.5) is 0 Å². The van der Waals surface area contributed by atoms with Gasteiger partial charge in [-0.05, 0) is 36.6 Å². The molecule has 0 aliphatic carbocycles. The Bertz CT molecular complexity index is 899. The first-order valence-corrected chi connectivity index (χ1v) is 10.9. The van der Waals surface area contributed by atoms with Crippen LogP contribution in [0.25, 0.3) is 0 Å². The number of carbonyl (C=O) groups is 2. The molecule has 32 heavy (non-hydrogen) atoms. The van der Waals surface area contributed by atoms with Gasteiger partial charge in [-0.3, -0.25) is 4.79 Å². The van der Waals surface area contributed by atoms with Gasteiger partial charge in [0.15, 0.2) is 19.4 Å². The zero-order valence-corrected chi connectivity index (χ0v) is 19.1. The summed E-state index contributed by atoms with van der Waals surface area (Å²) in [7, 11) is 2.91. The normalized spacial score (nSPS) is 11.6. The van der Waals surface area contributed by atoms with Crippen LogP contribution in [-0.4, -0.2) is 49.9 Å². The molecule has 0 aromatic heterocycles. The predicted octanol–water partition coefficient (Wildman–Crippen LogP) is 4.59. The zero-order chi connectivity index (χ0) is 23.3. The molecule has 1 unspecified atom stereocenters. The Hall–Kier alpha value is -2.81. The minimum atomic E-state index is -1.20. The third-order valence-corrected chi connectivity index (χ3v) is 5.75. The van der Waals surface area contributed by atoms with Crippen LogP contribution in [-0.2, 0) is 20.7 Å². The Morgan fingerprint density at radius 1 is 1.09 bits per heavy atom.